The Kier molecular flexibility index (Phi) is 4.52. The average molecular weight is 291 g/mol. The van der Waals surface area contributed by atoms with Crippen LogP contribution in [0.2, 0.25) is 0 Å². The smallest absolute Gasteiger partial charge is 0.162 e. The van der Waals surface area contributed by atoms with Crippen LogP contribution in [0.25, 0.3) is 0 Å². The van der Waals surface area contributed by atoms with E-state index in [0.717, 1.165) is 11.8 Å². The summed E-state index contributed by atoms with van der Waals surface area (Å²) in [6.45, 7) is 1.88. The molecule has 1 atom stereocenters. The van der Waals surface area contributed by atoms with Gasteiger partial charge in [0, 0.05) is 23.4 Å². The van der Waals surface area contributed by atoms with Gasteiger partial charge < -0.3 is 19.9 Å². The number of anilines is 1. The number of halogens is 1. The normalized spacial score (nSPS) is 11.8. The molecule has 0 aromatic heterocycles. The molecule has 0 radical (unpaired) electrons. The molecule has 112 valence electrons. The van der Waals surface area contributed by atoms with Gasteiger partial charge in [0.1, 0.15) is 11.6 Å². The van der Waals surface area contributed by atoms with Crippen LogP contribution in [0, 0.1) is 5.82 Å². The molecule has 2 aromatic rings. The molecule has 1 unspecified atom stereocenters. The van der Waals surface area contributed by atoms with E-state index in [1.807, 2.05) is 13.0 Å². The quantitative estimate of drug-likeness (QED) is 0.881. The van der Waals surface area contributed by atoms with Gasteiger partial charge in [-0.25, -0.2) is 4.39 Å². The minimum atomic E-state index is -0.463. The molecule has 0 bridgehead atoms. The van der Waals surface area contributed by atoms with Gasteiger partial charge in [0.15, 0.2) is 11.5 Å². The van der Waals surface area contributed by atoms with Gasteiger partial charge in [0.25, 0.3) is 0 Å². The van der Waals surface area contributed by atoms with Crippen molar-refractivity contribution in [3.05, 3.63) is 47.8 Å². The Hall–Kier alpha value is -2.43. The van der Waals surface area contributed by atoms with Crippen LogP contribution >= 0.6 is 0 Å². The third-order valence-electron chi connectivity index (χ3n) is 3.23. The fraction of sp³-hybridized carbons (Fsp3) is 0.250. The Morgan fingerprint density at radius 1 is 1.05 bits per heavy atom. The Labute approximate surface area is 123 Å². The highest BCUT2D eigenvalue weighted by Gasteiger charge is 2.12. The largest absolute Gasteiger partial charge is 0.507 e. The molecule has 21 heavy (non-hydrogen) atoms. The number of hydrogen-bond acceptors (Lipinski definition) is 4. The standard InChI is InChI=1S/C16H18FNO3/c1-10(13-6-4-11(17)8-14(13)19)18-12-5-7-15(20-2)16(9-12)21-3/h4-10,18-19H,1-3H3. The van der Waals surface area contributed by atoms with E-state index in [0.29, 0.717) is 17.1 Å². The maximum atomic E-state index is 13.0. The highest BCUT2D eigenvalue weighted by atomic mass is 19.1. The van der Waals surface area contributed by atoms with E-state index in [9.17, 15) is 9.50 Å². The van der Waals surface area contributed by atoms with E-state index in [-0.39, 0.29) is 11.8 Å². The summed E-state index contributed by atoms with van der Waals surface area (Å²) in [4.78, 5) is 0. The monoisotopic (exact) mass is 291 g/mol. The summed E-state index contributed by atoms with van der Waals surface area (Å²) in [6.07, 6.45) is 0. The third-order valence-corrected chi connectivity index (χ3v) is 3.23. The number of aromatic hydroxyl groups is 1. The van der Waals surface area contributed by atoms with E-state index in [1.54, 1.807) is 32.4 Å². The lowest BCUT2D eigenvalue weighted by atomic mass is 10.1. The number of nitrogens with one attached hydrogen (secondary N) is 1. The van der Waals surface area contributed by atoms with Gasteiger partial charge in [-0.05, 0) is 25.1 Å². The number of ether oxygens (including phenoxy) is 2. The molecule has 5 heteroatoms. The van der Waals surface area contributed by atoms with Gasteiger partial charge in [-0.3, -0.25) is 0 Å². The van der Waals surface area contributed by atoms with Crippen LogP contribution in [0.3, 0.4) is 0 Å². The van der Waals surface area contributed by atoms with E-state index in [2.05, 4.69) is 5.32 Å². The summed E-state index contributed by atoms with van der Waals surface area (Å²) in [6, 6.07) is 9.23. The zero-order valence-electron chi connectivity index (χ0n) is 12.2. The molecule has 0 fully saturated rings. The van der Waals surface area contributed by atoms with Crippen molar-refractivity contribution >= 4 is 5.69 Å². The van der Waals surface area contributed by atoms with Crippen molar-refractivity contribution in [2.24, 2.45) is 0 Å². The number of benzene rings is 2. The first kappa shape index (κ1) is 15.0. The molecule has 0 amide bonds. The molecule has 0 saturated heterocycles. The third kappa shape index (κ3) is 3.37. The van der Waals surface area contributed by atoms with Crippen molar-refractivity contribution in [3.63, 3.8) is 0 Å². The van der Waals surface area contributed by atoms with Crippen molar-refractivity contribution in [1.82, 2.24) is 0 Å². The van der Waals surface area contributed by atoms with Gasteiger partial charge in [-0.2, -0.15) is 0 Å². The SMILES string of the molecule is COc1ccc(NC(C)c2ccc(F)cc2O)cc1OC. The van der Waals surface area contributed by atoms with Crippen LogP contribution in [0.5, 0.6) is 17.2 Å². The summed E-state index contributed by atoms with van der Waals surface area (Å²) in [5.41, 5.74) is 1.43. The number of hydrogen-bond donors (Lipinski definition) is 2. The lowest BCUT2D eigenvalue weighted by Crippen LogP contribution is -2.07. The fourth-order valence-electron chi connectivity index (χ4n) is 2.14. The molecule has 2 rings (SSSR count). The molecule has 2 N–H and O–H groups in total. The second-order valence-electron chi connectivity index (χ2n) is 4.64. The van der Waals surface area contributed by atoms with Crippen molar-refractivity contribution < 1.29 is 19.0 Å². The second kappa shape index (κ2) is 6.35. The molecule has 0 aliphatic heterocycles. The number of methoxy groups -OCH3 is 2. The summed E-state index contributed by atoms with van der Waals surface area (Å²) in [5, 5.41) is 13.0. The summed E-state index contributed by atoms with van der Waals surface area (Å²) in [5.74, 6) is 0.711. The van der Waals surface area contributed by atoms with Crippen LogP contribution in [-0.4, -0.2) is 19.3 Å². The van der Waals surface area contributed by atoms with E-state index in [4.69, 9.17) is 9.47 Å². The first-order valence-corrected chi connectivity index (χ1v) is 6.52. The molecule has 0 saturated carbocycles. The summed E-state index contributed by atoms with van der Waals surface area (Å²) >= 11 is 0. The van der Waals surface area contributed by atoms with Gasteiger partial charge in [0.2, 0.25) is 0 Å². The molecular formula is C16H18FNO3. The van der Waals surface area contributed by atoms with Crippen LogP contribution < -0.4 is 14.8 Å². The lowest BCUT2D eigenvalue weighted by molar-refractivity contribution is 0.355. The van der Waals surface area contributed by atoms with E-state index >= 15 is 0 Å². The molecule has 0 heterocycles. The minimum Gasteiger partial charge on any atom is -0.507 e. The Morgan fingerprint density at radius 2 is 1.76 bits per heavy atom. The number of rotatable bonds is 5. The van der Waals surface area contributed by atoms with Crippen molar-refractivity contribution in [2.75, 3.05) is 19.5 Å². The summed E-state index contributed by atoms with van der Waals surface area (Å²) in [7, 11) is 3.14. The Bertz CT molecular complexity index is 631. The first-order chi connectivity index (χ1) is 10.0. The maximum absolute atomic E-state index is 13.0. The van der Waals surface area contributed by atoms with Crippen molar-refractivity contribution in [1.29, 1.82) is 0 Å². The molecule has 0 aliphatic rings. The maximum Gasteiger partial charge on any atom is 0.162 e. The number of phenols is 1. The van der Waals surface area contributed by atoms with Crippen LogP contribution in [-0.2, 0) is 0 Å². The predicted molar refractivity (Wildman–Crippen MR) is 79.6 cm³/mol. The summed E-state index contributed by atoms with van der Waals surface area (Å²) < 4.78 is 23.4. The van der Waals surface area contributed by atoms with E-state index < -0.39 is 5.82 Å². The van der Waals surface area contributed by atoms with Gasteiger partial charge in [-0.1, -0.05) is 6.07 Å². The highest BCUT2D eigenvalue weighted by molar-refractivity contribution is 5.56. The lowest BCUT2D eigenvalue weighted by Gasteiger charge is -2.18. The van der Waals surface area contributed by atoms with Gasteiger partial charge in [-0.15, -0.1) is 0 Å². The molecule has 2 aromatic carbocycles. The predicted octanol–water partition coefficient (Wildman–Crippen LogP) is 3.72. The van der Waals surface area contributed by atoms with Crippen LogP contribution in [0.4, 0.5) is 10.1 Å². The Morgan fingerprint density at radius 3 is 2.38 bits per heavy atom. The van der Waals surface area contributed by atoms with Crippen molar-refractivity contribution in [2.45, 2.75) is 13.0 Å². The second-order valence-corrected chi connectivity index (χ2v) is 4.64. The van der Waals surface area contributed by atoms with Gasteiger partial charge in [0.05, 0.1) is 20.3 Å². The first-order valence-electron chi connectivity index (χ1n) is 6.52. The molecule has 0 spiro atoms. The fourth-order valence-corrected chi connectivity index (χ4v) is 2.14. The van der Waals surface area contributed by atoms with Gasteiger partial charge >= 0.3 is 0 Å². The molecule has 4 nitrogen and oxygen atoms in total. The average Bonchev–Trinajstić information content (AvgIpc) is 2.46. The van der Waals surface area contributed by atoms with E-state index in [1.165, 1.54) is 6.07 Å². The zero-order chi connectivity index (χ0) is 15.4. The Balaban J connectivity index is 2.21. The minimum absolute atomic E-state index is 0.0736. The van der Waals surface area contributed by atoms with Crippen LogP contribution in [0.1, 0.15) is 18.5 Å². The van der Waals surface area contributed by atoms with Crippen LogP contribution in [0.15, 0.2) is 36.4 Å². The highest BCUT2D eigenvalue weighted by Crippen LogP contribution is 2.32. The zero-order valence-corrected chi connectivity index (χ0v) is 12.2. The van der Waals surface area contributed by atoms with Crippen molar-refractivity contribution in [3.8, 4) is 17.2 Å². The number of phenolic OH excluding ortho intramolecular Hbond substituents is 1. The topological polar surface area (TPSA) is 50.7 Å². The molecule has 0 aliphatic carbocycles. The molecular weight excluding hydrogens is 273 g/mol.